The number of halogens is 2. The standard InChI is InChI=1S/C8H11F2NOS/c9-8(10)4-11(5-8)7(12)6-2-1-3-13-6/h6H,1-5H2. The molecule has 2 aliphatic rings. The minimum Gasteiger partial charge on any atom is -0.330 e. The molecule has 13 heavy (non-hydrogen) atoms. The van der Waals surface area contributed by atoms with Crippen LogP contribution in [0, 0.1) is 0 Å². The lowest BCUT2D eigenvalue weighted by Crippen LogP contribution is -2.60. The van der Waals surface area contributed by atoms with Crippen molar-refractivity contribution in [2.45, 2.75) is 24.0 Å². The first kappa shape index (κ1) is 9.24. The van der Waals surface area contributed by atoms with E-state index in [0.717, 1.165) is 18.6 Å². The second-order valence-corrected chi connectivity index (χ2v) is 4.86. The third-order valence-electron chi connectivity index (χ3n) is 2.36. The Balaban J connectivity index is 1.85. The Morgan fingerprint density at radius 3 is 2.62 bits per heavy atom. The van der Waals surface area contributed by atoms with Crippen LogP contribution in [-0.4, -0.2) is 40.8 Å². The summed E-state index contributed by atoms with van der Waals surface area (Å²) in [6.45, 7) is -0.744. The average Bonchev–Trinajstić information content (AvgIpc) is 2.50. The maximum Gasteiger partial charge on any atom is 0.282 e. The first-order valence-electron chi connectivity index (χ1n) is 4.37. The third-order valence-corrected chi connectivity index (χ3v) is 3.73. The van der Waals surface area contributed by atoms with Gasteiger partial charge in [-0.3, -0.25) is 4.79 Å². The summed E-state index contributed by atoms with van der Waals surface area (Å²) in [5.41, 5.74) is 0. The number of nitrogens with zero attached hydrogens (tertiary/aromatic N) is 1. The summed E-state index contributed by atoms with van der Waals surface area (Å²) in [4.78, 5) is 12.8. The van der Waals surface area contributed by atoms with E-state index in [1.165, 1.54) is 4.90 Å². The predicted octanol–water partition coefficient (Wildman–Crippen LogP) is 1.36. The molecule has 2 nitrogen and oxygen atoms in total. The lowest BCUT2D eigenvalue weighted by Gasteiger charge is -2.39. The van der Waals surface area contributed by atoms with Gasteiger partial charge in [0.25, 0.3) is 5.92 Å². The first-order valence-corrected chi connectivity index (χ1v) is 5.42. The highest BCUT2D eigenvalue weighted by Crippen LogP contribution is 2.33. The van der Waals surface area contributed by atoms with E-state index in [2.05, 4.69) is 0 Å². The Labute approximate surface area is 79.7 Å². The number of likely N-dealkylation sites (tertiary alicyclic amines) is 1. The first-order chi connectivity index (χ1) is 6.08. The molecule has 74 valence electrons. The molecule has 0 aromatic carbocycles. The van der Waals surface area contributed by atoms with Gasteiger partial charge in [0.15, 0.2) is 0 Å². The number of rotatable bonds is 1. The average molecular weight is 207 g/mol. The Kier molecular flexibility index (Phi) is 2.21. The molecule has 0 saturated carbocycles. The molecule has 0 N–H and O–H groups in total. The van der Waals surface area contributed by atoms with E-state index in [0.29, 0.717) is 0 Å². The summed E-state index contributed by atoms with van der Waals surface area (Å²) < 4.78 is 24.9. The fourth-order valence-corrected chi connectivity index (χ4v) is 2.89. The zero-order valence-electron chi connectivity index (χ0n) is 7.13. The zero-order valence-corrected chi connectivity index (χ0v) is 7.95. The molecule has 2 saturated heterocycles. The minimum absolute atomic E-state index is 0.0453. The molecule has 0 aliphatic carbocycles. The molecule has 1 amide bonds. The fraction of sp³-hybridized carbons (Fsp3) is 0.875. The second-order valence-electron chi connectivity index (χ2n) is 3.55. The van der Waals surface area contributed by atoms with Gasteiger partial charge >= 0.3 is 0 Å². The normalized spacial score (nSPS) is 31.5. The van der Waals surface area contributed by atoms with Crippen LogP contribution in [0.2, 0.25) is 0 Å². The van der Waals surface area contributed by atoms with Crippen molar-refractivity contribution in [3.63, 3.8) is 0 Å². The summed E-state index contributed by atoms with van der Waals surface area (Å²) in [5, 5.41) is -0.0453. The van der Waals surface area contributed by atoms with E-state index < -0.39 is 5.92 Å². The molecule has 2 fully saturated rings. The molecule has 1 unspecified atom stereocenters. The highest BCUT2D eigenvalue weighted by Gasteiger charge is 2.47. The molecule has 0 aromatic heterocycles. The number of hydrogen-bond donors (Lipinski definition) is 0. The summed E-state index contributed by atoms with van der Waals surface area (Å²) in [5.74, 6) is -1.73. The van der Waals surface area contributed by atoms with Crippen molar-refractivity contribution in [2.24, 2.45) is 0 Å². The molecule has 0 spiro atoms. The molecular formula is C8H11F2NOS. The van der Waals surface area contributed by atoms with Crippen molar-refractivity contribution >= 4 is 17.7 Å². The summed E-state index contributed by atoms with van der Waals surface area (Å²) in [6, 6.07) is 0. The summed E-state index contributed by atoms with van der Waals surface area (Å²) in [6.07, 6.45) is 1.89. The van der Waals surface area contributed by atoms with Crippen LogP contribution in [0.4, 0.5) is 8.78 Å². The number of carbonyl (C=O) groups excluding carboxylic acids is 1. The maximum absolute atomic E-state index is 12.4. The summed E-state index contributed by atoms with van der Waals surface area (Å²) >= 11 is 1.59. The van der Waals surface area contributed by atoms with Crippen LogP contribution < -0.4 is 0 Å². The monoisotopic (exact) mass is 207 g/mol. The van der Waals surface area contributed by atoms with Crippen molar-refractivity contribution < 1.29 is 13.6 Å². The number of hydrogen-bond acceptors (Lipinski definition) is 2. The van der Waals surface area contributed by atoms with E-state index in [-0.39, 0.29) is 24.2 Å². The van der Waals surface area contributed by atoms with Gasteiger partial charge in [0.1, 0.15) is 0 Å². The van der Waals surface area contributed by atoms with Gasteiger partial charge in [-0.05, 0) is 18.6 Å². The molecule has 2 rings (SSSR count). The Hall–Kier alpha value is -0.320. The van der Waals surface area contributed by atoms with Crippen molar-refractivity contribution in [3.05, 3.63) is 0 Å². The predicted molar refractivity (Wildman–Crippen MR) is 47.0 cm³/mol. The Morgan fingerprint density at radius 1 is 1.46 bits per heavy atom. The molecule has 0 aromatic rings. The fourth-order valence-electron chi connectivity index (χ4n) is 1.64. The highest BCUT2D eigenvalue weighted by molar-refractivity contribution is 8.00. The van der Waals surface area contributed by atoms with Gasteiger partial charge in [0.2, 0.25) is 5.91 Å². The van der Waals surface area contributed by atoms with Gasteiger partial charge in [-0.2, -0.15) is 0 Å². The SMILES string of the molecule is O=C(C1CCCS1)N1CC(F)(F)C1. The molecule has 2 aliphatic heterocycles. The van der Waals surface area contributed by atoms with Crippen molar-refractivity contribution in [1.82, 2.24) is 4.90 Å². The number of carbonyl (C=O) groups is 1. The van der Waals surface area contributed by atoms with Crippen molar-refractivity contribution in [2.75, 3.05) is 18.8 Å². The van der Waals surface area contributed by atoms with Gasteiger partial charge in [0.05, 0.1) is 18.3 Å². The van der Waals surface area contributed by atoms with Gasteiger partial charge in [0, 0.05) is 0 Å². The highest BCUT2D eigenvalue weighted by atomic mass is 32.2. The molecular weight excluding hydrogens is 196 g/mol. The molecule has 2 heterocycles. The van der Waals surface area contributed by atoms with Crippen LogP contribution in [0.15, 0.2) is 0 Å². The van der Waals surface area contributed by atoms with Crippen LogP contribution in [0.5, 0.6) is 0 Å². The quantitative estimate of drug-likeness (QED) is 0.647. The topological polar surface area (TPSA) is 20.3 Å². The third kappa shape index (κ3) is 1.80. The number of alkyl halides is 2. The largest absolute Gasteiger partial charge is 0.330 e. The van der Waals surface area contributed by atoms with Gasteiger partial charge in [-0.25, -0.2) is 8.78 Å². The van der Waals surface area contributed by atoms with Crippen LogP contribution in [0.25, 0.3) is 0 Å². The Bertz CT molecular complexity index is 220. The second kappa shape index (κ2) is 3.12. The Morgan fingerprint density at radius 2 is 2.15 bits per heavy atom. The number of amides is 1. The smallest absolute Gasteiger partial charge is 0.282 e. The molecule has 0 radical (unpaired) electrons. The van der Waals surface area contributed by atoms with E-state index in [9.17, 15) is 13.6 Å². The molecule has 5 heteroatoms. The van der Waals surface area contributed by atoms with Gasteiger partial charge < -0.3 is 4.90 Å². The zero-order chi connectivity index (χ0) is 9.47. The summed E-state index contributed by atoms with van der Waals surface area (Å²) in [7, 11) is 0. The minimum atomic E-state index is -2.63. The van der Waals surface area contributed by atoms with Gasteiger partial charge in [-0.1, -0.05) is 0 Å². The lowest BCUT2D eigenvalue weighted by molar-refractivity contribution is -0.165. The van der Waals surface area contributed by atoms with E-state index in [1.807, 2.05) is 0 Å². The van der Waals surface area contributed by atoms with Gasteiger partial charge in [-0.15, -0.1) is 11.8 Å². The van der Waals surface area contributed by atoms with E-state index in [1.54, 1.807) is 11.8 Å². The van der Waals surface area contributed by atoms with Crippen LogP contribution in [0.1, 0.15) is 12.8 Å². The van der Waals surface area contributed by atoms with Crippen LogP contribution in [-0.2, 0) is 4.79 Å². The van der Waals surface area contributed by atoms with Crippen molar-refractivity contribution in [1.29, 1.82) is 0 Å². The van der Waals surface area contributed by atoms with Crippen LogP contribution >= 0.6 is 11.8 Å². The van der Waals surface area contributed by atoms with Crippen molar-refractivity contribution in [3.8, 4) is 0 Å². The van der Waals surface area contributed by atoms with E-state index in [4.69, 9.17) is 0 Å². The number of thioether (sulfide) groups is 1. The lowest BCUT2D eigenvalue weighted by atomic mass is 10.1. The maximum atomic E-state index is 12.4. The van der Waals surface area contributed by atoms with E-state index >= 15 is 0 Å². The molecule has 1 atom stereocenters. The molecule has 0 bridgehead atoms. The van der Waals surface area contributed by atoms with Crippen LogP contribution in [0.3, 0.4) is 0 Å².